The Hall–Kier alpha value is -1.36. The van der Waals surface area contributed by atoms with Gasteiger partial charge in [0.15, 0.2) is 0 Å². The first-order valence-corrected chi connectivity index (χ1v) is 7.19. The molecule has 0 bridgehead atoms. The largest absolute Gasteiger partial charge is 0.490 e. The van der Waals surface area contributed by atoms with E-state index in [0.29, 0.717) is 13.2 Å². The van der Waals surface area contributed by atoms with Gasteiger partial charge in [0.25, 0.3) is 6.43 Å². The van der Waals surface area contributed by atoms with Crippen LogP contribution in [-0.4, -0.2) is 39.2 Å². The van der Waals surface area contributed by atoms with Gasteiger partial charge in [0.05, 0.1) is 18.8 Å². The van der Waals surface area contributed by atoms with E-state index in [-0.39, 0.29) is 6.54 Å². The van der Waals surface area contributed by atoms with Crippen molar-refractivity contribution in [2.24, 2.45) is 0 Å². The summed E-state index contributed by atoms with van der Waals surface area (Å²) in [5.41, 5.74) is 4.59. The predicted molar refractivity (Wildman–Crippen MR) is 75.2 cm³/mol. The van der Waals surface area contributed by atoms with Gasteiger partial charge in [-0.25, -0.2) is 8.78 Å². The second kappa shape index (κ2) is 5.56. The monoisotopic (exact) mass is 282 g/mol. The van der Waals surface area contributed by atoms with Crippen molar-refractivity contribution in [2.45, 2.75) is 26.2 Å². The van der Waals surface area contributed by atoms with Crippen LogP contribution in [-0.2, 0) is 12.8 Å². The number of hydrogen-bond acceptors (Lipinski definition) is 3. The molecule has 0 aliphatic carbocycles. The highest BCUT2D eigenvalue weighted by Gasteiger charge is 2.26. The molecule has 0 saturated heterocycles. The topological polar surface area (TPSA) is 24.5 Å². The van der Waals surface area contributed by atoms with Crippen molar-refractivity contribution in [3.8, 4) is 5.75 Å². The average molecular weight is 282 g/mol. The Balaban J connectivity index is 2.04. The molecule has 5 heteroatoms. The summed E-state index contributed by atoms with van der Waals surface area (Å²) in [6.45, 7) is 4.75. The first-order valence-electron chi connectivity index (χ1n) is 7.19. The van der Waals surface area contributed by atoms with Crippen molar-refractivity contribution in [1.29, 1.82) is 0 Å². The van der Waals surface area contributed by atoms with Crippen molar-refractivity contribution in [2.75, 3.05) is 37.7 Å². The zero-order valence-electron chi connectivity index (χ0n) is 11.7. The highest BCUT2D eigenvalue weighted by Crippen LogP contribution is 2.39. The summed E-state index contributed by atoms with van der Waals surface area (Å²) >= 11 is 0. The minimum absolute atomic E-state index is 0.214. The van der Waals surface area contributed by atoms with Crippen LogP contribution in [0.5, 0.6) is 5.75 Å². The van der Waals surface area contributed by atoms with Crippen LogP contribution < -0.4 is 15.0 Å². The second-order valence-corrected chi connectivity index (χ2v) is 5.42. The average Bonchev–Trinajstić information content (AvgIpc) is 2.63. The minimum Gasteiger partial charge on any atom is -0.490 e. The lowest BCUT2D eigenvalue weighted by Crippen LogP contribution is -2.37. The van der Waals surface area contributed by atoms with Crippen molar-refractivity contribution in [3.05, 3.63) is 22.8 Å². The first-order chi connectivity index (χ1) is 9.66. The number of benzene rings is 1. The summed E-state index contributed by atoms with van der Waals surface area (Å²) in [7, 11) is 0. The Morgan fingerprint density at radius 1 is 1.35 bits per heavy atom. The predicted octanol–water partition coefficient (Wildman–Crippen LogP) is 2.15. The minimum atomic E-state index is -2.32. The molecule has 0 aromatic heterocycles. The van der Waals surface area contributed by atoms with Gasteiger partial charge >= 0.3 is 0 Å². The third-order valence-electron chi connectivity index (χ3n) is 4.15. The summed E-state index contributed by atoms with van der Waals surface area (Å²) in [4.78, 5) is 1.78. The van der Waals surface area contributed by atoms with E-state index in [1.807, 2.05) is 6.92 Å². The first kappa shape index (κ1) is 13.6. The molecule has 1 aromatic rings. The Morgan fingerprint density at radius 3 is 2.95 bits per heavy atom. The van der Waals surface area contributed by atoms with Crippen LogP contribution in [0.25, 0.3) is 0 Å². The van der Waals surface area contributed by atoms with Gasteiger partial charge in [-0.1, -0.05) is 0 Å². The molecule has 2 aliphatic rings. The Bertz CT molecular complexity index is 505. The zero-order chi connectivity index (χ0) is 14.1. The quantitative estimate of drug-likeness (QED) is 0.899. The Morgan fingerprint density at radius 2 is 2.15 bits per heavy atom. The number of alkyl halides is 2. The lowest BCUT2D eigenvalue weighted by molar-refractivity contribution is 0.151. The van der Waals surface area contributed by atoms with Gasteiger partial charge < -0.3 is 15.0 Å². The molecule has 0 fully saturated rings. The molecule has 1 aromatic carbocycles. The van der Waals surface area contributed by atoms with E-state index in [0.717, 1.165) is 42.9 Å². The van der Waals surface area contributed by atoms with Crippen LogP contribution in [0.15, 0.2) is 6.07 Å². The van der Waals surface area contributed by atoms with E-state index in [2.05, 4.69) is 11.4 Å². The van der Waals surface area contributed by atoms with Gasteiger partial charge in [-0.05, 0) is 55.6 Å². The highest BCUT2D eigenvalue weighted by atomic mass is 19.3. The van der Waals surface area contributed by atoms with Crippen molar-refractivity contribution < 1.29 is 13.5 Å². The van der Waals surface area contributed by atoms with Crippen molar-refractivity contribution >= 4 is 5.69 Å². The second-order valence-electron chi connectivity index (χ2n) is 5.42. The molecule has 0 atom stereocenters. The fraction of sp³-hybridized carbons (Fsp3) is 0.600. The number of nitrogens with one attached hydrogen (secondary N) is 1. The highest BCUT2D eigenvalue weighted by molar-refractivity contribution is 5.69. The fourth-order valence-electron chi connectivity index (χ4n) is 3.24. The number of rotatable bonds is 2. The van der Waals surface area contributed by atoms with Crippen LogP contribution >= 0.6 is 0 Å². The SMILES string of the molecule is Cc1c2c(cc3c1N(CC(F)F)CCO3)CCNCC2. The smallest absolute Gasteiger partial charge is 0.255 e. The van der Waals surface area contributed by atoms with Crippen molar-refractivity contribution in [3.63, 3.8) is 0 Å². The summed E-state index contributed by atoms with van der Waals surface area (Å²) in [6, 6.07) is 2.06. The van der Waals surface area contributed by atoms with E-state index < -0.39 is 6.43 Å². The molecule has 3 rings (SSSR count). The number of ether oxygens (including phenoxy) is 1. The summed E-state index contributed by atoms with van der Waals surface area (Å²) in [5.74, 6) is 0.773. The van der Waals surface area contributed by atoms with Crippen LogP contribution in [0, 0.1) is 6.92 Å². The maximum atomic E-state index is 12.8. The van der Waals surface area contributed by atoms with Crippen LogP contribution in [0.4, 0.5) is 14.5 Å². The molecule has 3 nitrogen and oxygen atoms in total. The fourth-order valence-corrected chi connectivity index (χ4v) is 3.24. The molecule has 2 aliphatic heterocycles. The van der Waals surface area contributed by atoms with Gasteiger partial charge in [0.2, 0.25) is 0 Å². The molecular weight excluding hydrogens is 262 g/mol. The molecule has 0 radical (unpaired) electrons. The molecule has 1 N–H and O–H groups in total. The lowest BCUT2D eigenvalue weighted by atomic mass is 9.94. The zero-order valence-corrected chi connectivity index (χ0v) is 11.7. The van der Waals surface area contributed by atoms with Crippen LogP contribution in [0.1, 0.15) is 16.7 Å². The Labute approximate surface area is 117 Å². The third-order valence-corrected chi connectivity index (χ3v) is 4.15. The standard InChI is InChI=1S/C15H20F2N2O/c1-10-12-3-5-18-4-2-11(12)8-13-15(10)19(6-7-20-13)9-14(16)17/h8,14,18H,2-7,9H2,1H3. The summed E-state index contributed by atoms with van der Waals surface area (Å²) in [5, 5.41) is 3.38. The van der Waals surface area contributed by atoms with E-state index in [4.69, 9.17) is 4.74 Å². The molecule has 0 amide bonds. The molecule has 0 spiro atoms. The summed E-state index contributed by atoms with van der Waals surface area (Å²) < 4.78 is 31.2. The Kier molecular flexibility index (Phi) is 3.78. The molecule has 110 valence electrons. The van der Waals surface area contributed by atoms with Gasteiger partial charge in [0.1, 0.15) is 12.4 Å². The molecular formula is C15H20F2N2O. The van der Waals surface area contributed by atoms with E-state index >= 15 is 0 Å². The van der Waals surface area contributed by atoms with Gasteiger partial charge in [-0.15, -0.1) is 0 Å². The molecule has 0 saturated carbocycles. The number of fused-ring (bicyclic) bond motifs is 2. The maximum absolute atomic E-state index is 12.8. The van der Waals surface area contributed by atoms with Crippen LogP contribution in [0.3, 0.4) is 0 Å². The van der Waals surface area contributed by atoms with E-state index in [1.165, 1.54) is 11.1 Å². The number of anilines is 1. The molecule has 0 unspecified atom stereocenters. The van der Waals surface area contributed by atoms with E-state index in [9.17, 15) is 8.78 Å². The number of halogens is 2. The molecule has 2 heterocycles. The number of hydrogen-bond donors (Lipinski definition) is 1. The van der Waals surface area contributed by atoms with Gasteiger partial charge in [-0.3, -0.25) is 0 Å². The lowest BCUT2D eigenvalue weighted by Gasteiger charge is -2.34. The normalized spacial score (nSPS) is 18.3. The van der Waals surface area contributed by atoms with E-state index in [1.54, 1.807) is 4.90 Å². The van der Waals surface area contributed by atoms with Crippen LogP contribution in [0.2, 0.25) is 0 Å². The summed E-state index contributed by atoms with van der Waals surface area (Å²) in [6.07, 6.45) is -0.389. The maximum Gasteiger partial charge on any atom is 0.255 e. The third kappa shape index (κ3) is 2.46. The number of nitrogens with zero attached hydrogens (tertiary/aromatic N) is 1. The van der Waals surface area contributed by atoms with Gasteiger partial charge in [-0.2, -0.15) is 0 Å². The van der Waals surface area contributed by atoms with Gasteiger partial charge in [0, 0.05) is 0 Å². The molecule has 20 heavy (non-hydrogen) atoms. The van der Waals surface area contributed by atoms with Crippen molar-refractivity contribution in [1.82, 2.24) is 5.32 Å².